The van der Waals surface area contributed by atoms with Gasteiger partial charge in [-0.15, -0.1) is 0 Å². The highest BCUT2D eigenvalue weighted by Gasteiger charge is 2.37. The fourth-order valence-corrected chi connectivity index (χ4v) is 4.33. The van der Waals surface area contributed by atoms with Gasteiger partial charge in [0.25, 0.3) is 0 Å². The second-order valence-corrected chi connectivity index (χ2v) is 7.72. The molecule has 0 atom stereocenters. The van der Waals surface area contributed by atoms with E-state index in [4.69, 9.17) is 4.42 Å². The first-order valence-electron chi connectivity index (χ1n) is 10.1. The first-order chi connectivity index (χ1) is 14.5. The van der Waals surface area contributed by atoms with E-state index in [0.717, 1.165) is 32.4 Å². The molecule has 1 aliphatic heterocycles. The number of hydrogen-bond donors (Lipinski definition) is 1. The van der Waals surface area contributed by atoms with Gasteiger partial charge in [-0.1, -0.05) is 18.2 Å². The number of aromatic nitrogens is 3. The van der Waals surface area contributed by atoms with Crippen LogP contribution in [-0.4, -0.2) is 27.6 Å². The van der Waals surface area contributed by atoms with E-state index in [2.05, 4.69) is 15.3 Å². The van der Waals surface area contributed by atoms with E-state index < -0.39 is 11.9 Å². The van der Waals surface area contributed by atoms with Crippen molar-refractivity contribution in [2.45, 2.75) is 32.0 Å². The lowest BCUT2D eigenvalue weighted by atomic mass is 9.94. The monoisotopic (exact) mass is 414 g/mol. The predicted octanol–water partition coefficient (Wildman–Crippen LogP) is 5.25. The summed E-state index contributed by atoms with van der Waals surface area (Å²) in [5.41, 5.74) is -0.304. The quantitative estimate of drug-likeness (QED) is 0.495. The first kappa shape index (κ1) is 19.1. The van der Waals surface area contributed by atoms with Gasteiger partial charge < -0.3 is 14.3 Å². The Kier molecular flexibility index (Phi) is 4.73. The maximum Gasteiger partial charge on any atom is 0.435 e. The molecule has 1 aliphatic rings. The van der Waals surface area contributed by atoms with Gasteiger partial charge in [0.05, 0.1) is 17.3 Å². The summed E-state index contributed by atoms with van der Waals surface area (Å²) in [6, 6.07) is 10.4. The second kappa shape index (κ2) is 7.43. The Labute approximate surface area is 170 Å². The van der Waals surface area contributed by atoms with Gasteiger partial charge in [-0.3, -0.25) is 0 Å². The van der Waals surface area contributed by atoms with E-state index >= 15 is 0 Å². The number of piperidine rings is 1. The summed E-state index contributed by atoms with van der Waals surface area (Å²) in [6.45, 7) is 2.53. The molecular weight excluding hydrogens is 393 g/mol. The number of nitrogens with one attached hydrogen (secondary N) is 1. The predicted molar refractivity (Wildman–Crippen MR) is 108 cm³/mol. The molecule has 30 heavy (non-hydrogen) atoms. The number of fused-ring (bicyclic) bond motifs is 3. The molecule has 5 rings (SSSR count). The molecule has 0 aliphatic carbocycles. The number of pyridine rings is 1. The Hall–Kier alpha value is -2.87. The van der Waals surface area contributed by atoms with Crippen molar-refractivity contribution in [1.29, 1.82) is 0 Å². The zero-order chi connectivity index (χ0) is 20.7. The molecule has 1 aromatic carbocycles. The second-order valence-electron chi connectivity index (χ2n) is 7.72. The third-order valence-electron chi connectivity index (χ3n) is 5.81. The molecule has 0 unspecified atom stereocenters. The van der Waals surface area contributed by atoms with Crippen LogP contribution in [0, 0.1) is 5.92 Å². The molecule has 0 radical (unpaired) electrons. The maximum atomic E-state index is 13.9. The number of furan rings is 1. The van der Waals surface area contributed by atoms with Gasteiger partial charge in [-0.05, 0) is 56.5 Å². The average molecular weight is 414 g/mol. The number of rotatable bonds is 4. The standard InChI is InChI=1S/C22H21F3N4O/c23-22(24,25)20-18-19(15-4-1-2-5-16(15)27-20)29(12-9-14-7-10-26-11-8-14)21(28-18)17-6-3-13-30-17/h1-6,13-14,26H,7-12H2. The van der Waals surface area contributed by atoms with Crippen molar-refractivity contribution in [2.24, 2.45) is 5.92 Å². The smallest absolute Gasteiger partial charge is 0.435 e. The SMILES string of the molecule is FC(F)(F)c1nc2ccccc2c2c1nc(-c1ccco1)n2CCC1CCNCC1. The van der Waals surface area contributed by atoms with Gasteiger partial charge in [0, 0.05) is 11.9 Å². The Morgan fingerprint density at radius 1 is 1.07 bits per heavy atom. The van der Waals surface area contributed by atoms with Crippen molar-refractivity contribution < 1.29 is 17.6 Å². The van der Waals surface area contributed by atoms with E-state index in [1.807, 2.05) is 10.6 Å². The number of imidazole rings is 1. The molecule has 8 heteroatoms. The Morgan fingerprint density at radius 3 is 2.60 bits per heavy atom. The number of para-hydroxylation sites is 1. The highest BCUT2D eigenvalue weighted by atomic mass is 19.4. The molecule has 156 valence electrons. The lowest BCUT2D eigenvalue weighted by molar-refractivity contribution is -0.139. The summed E-state index contributed by atoms with van der Waals surface area (Å²) in [5, 5.41) is 4.02. The normalized spacial score (nSPS) is 16.0. The Bertz CT molecular complexity index is 1170. The molecule has 0 amide bonds. The molecular formula is C22H21F3N4O. The van der Waals surface area contributed by atoms with Crippen LogP contribution in [-0.2, 0) is 12.7 Å². The van der Waals surface area contributed by atoms with Crippen LogP contribution in [0.3, 0.4) is 0 Å². The minimum Gasteiger partial charge on any atom is -0.461 e. The zero-order valence-electron chi connectivity index (χ0n) is 16.2. The number of alkyl halides is 3. The largest absolute Gasteiger partial charge is 0.461 e. The van der Waals surface area contributed by atoms with Crippen molar-refractivity contribution in [3.8, 4) is 11.6 Å². The minimum atomic E-state index is -4.60. The van der Waals surface area contributed by atoms with E-state index in [1.165, 1.54) is 6.26 Å². The van der Waals surface area contributed by atoms with Crippen molar-refractivity contribution >= 4 is 21.9 Å². The Morgan fingerprint density at radius 2 is 1.87 bits per heavy atom. The van der Waals surface area contributed by atoms with Crippen LogP contribution in [0.1, 0.15) is 25.0 Å². The molecule has 0 spiro atoms. The molecule has 1 N–H and O–H groups in total. The van der Waals surface area contributed by atoms with Crippen molar-refractivity contribution in [2.75, 3.05) is 13.1 Å². The molecule has 0 saturated carbocycles. The summed E-state index contributed by atoms with van der Waals surface area (Å²) in [6.07, 6.45) is -0.0831. The van der Waals surface area contributed by atoms with Crippen molar-refractivity contribution in [1.82, 2.24) is 19.9 Å². The van der Waals surface area contributed by atoms with Crippen LogP contribution in [0.5, 0.6) is 0 Å². The fourth-order valence-electron chi connectivity index (χ4n) is 4.33. The molecule has 5 nitrogen and oxygen atoms in total. The maximum absolute atomic E-state index is 13.9. The lowest BCUT2D eigenvalue weighted by Crippen LogP contribution is -2.28. The number of hydrogen-bond acceptors (Lipinski definition) is 4. The van der Waals surface area contributed by atoms with Gasteiger partial charge in [-0.2, -0.15) is 13.2 Å². The van der Waals surface area contributed by atoms with E-state index in [0.29, 0.717) is 40.5 Å². The molecule has 1 saturated heterocycles. The van der Waals surface area contributed by atoms with Crippen LogP contribution in [0.4, 0.5) is 13.2 Å². The van der Waals surface area contributed by atoms with Crippen LogP contribution < -0.4 is 5.32 Å². The summed E-state index contributed by atoms with van der Waals surface area (Å²) >= 11 is 0. The summed E-state index contributed by atoms with van der Waals surface area (Å²) in [7, 11) is 0. The van der Waals surface area contributed by atoms with Crippen LogP contribution in [0.25, 0.3) is 33.5 Å². The molecule has 4 aromatic rings. The minimum absolute atomic E-state index is 0.127. The zero-order valence-corrected chi connectivity index (χ0v) is 16.2. The van der Waals surface area contributed by atoms with Gasteiger partial charge in [0.2, 0.25) is 0 Å². The number of benzene rings is 1. The Balaban J connectivity index is 1.74. The highest BCUT2D eigenvalue weighted by molar-refractivity contribution is 6.04. The van der Waals surface area contributed by atoms with Gasteiger partial charge in [0.15, 0.2) is 17.3 Å². The molecule has 3 aromatic heterocycles. The van der Waals surface area contributed by atoms with E-state index in [-0.39, 0.29) is 5.52 Å². The van der Waals surface area contributed by atoms with Crippen LogP contribution in [0.2, 0.25) is 0 Å². The lowest BCUT2D eigenvalue weighted by Gasteiger charge is -2.23. The van der Waals surface area contributed by atoms with Gasteiger partial charge >= 0.3 is 6.18 Å². The van der Waals surface area contributed by atoms with E-state index in [1.54, 1.807) is 30.3 Å². The summed E-state index contributed by atoms with van der Waals surface area (Å²) in [5.74, 6) is 1.39. The average Bonchev–Trinajstić information content (AvgIpc) is 3.39. The third-order valence-corrected chi connectivity index (χ3v) is 5.81. The topological polar surface area (TPSA) is 55.9 Å². The molecule has 1 fully saturated rings. The molecule has 4 heterocycles. The van der Waals surface area contributed by atoms with Gasteiger partial charge in [0.1, 0.15) is 5.52 Å². The summed E-state index contributed by atoms with van der Waals surface area (Å²) < 4.78 is 49.0. The highest BCUT2D eigenvalue weighted by Crippen LogP contribution is 2.38. The molecule has 0 bridgehead atoms. The number of nitrogens with zero attached hydrogens (tertiary/aromatic N) is 3. The number of halogens is 3. The first-order valence-corrected chi connectivity index (χ1v) is 10.1. The van der Waals surface area contributed by atoms with Crippen LogP contribution in [0.15, 0.2) is 47.1 Å². The van der Waals surface area contributed by atoms with E-state index in [9.17, 15) is 13.2 Å². The van der Waals surface area contributed by atoms with Gasteiger partial charge in [-0.25, -0.2) is 9.97 Å². The number of aryl methyl sites for hydroxylation is 1. The fraction of sp³-hybridized carbons (Fsp3) is 0.364. The van der Waals surface area contributed by atoms with Crippen molar-refractivity contribution in [3.05, 3.63) is 48.4 Å². The van der Waals surface area contributed by atoms with Crippen molar-refractivity contribution in [3.63, 3.8) is 0 Å². The summed E-state index contributed by atoms with van der Waals surface area (Å²) in [4.78, 5) is 8.33. The third kappa shape index (κ3) is 3.35. The van der Waals surface area contributed by atoms with Crippen LogP contribution >= 0.6 is 0 Å².